The minimum Gasteiger partial charge on any atom is -0.477 e. The second-order valence-corrected chi connectivity index (χ2v) is 7.70. The summed E-state index contributed by atoms with van der Waals surface area (Å²) in [6, 6.07) is 3.23. The molecule has 1 aliphatic heterocycles. The van der Waals surface area contributed by atoms with Crippen LogP contribution in [-0.2, 0) is 0 Å². The first-order valence-corrected chi connectivity index (χ1v) is 9.19. The third kappa shape index (κ3) is 2.68. The number of rotatable bonds is 3. The molecule has 3 atom stereocenters. The molecule has 138 valence electrons. The van der Waals surface area contributed by atoms with E-state index in [1.54, 1.807) is 10.6 Å². The molecule has 3 unspecified atom stereocenters. The standard InChI is InChI=1S/C20H23FN2O3/c1-11-4-3-7-22(9-11)16-6-5-13-18(12(16)2)23(17-8-15(17)21)10-14(19(13)24)20(25)26/h5-6,10-11,15,17H,3-4,7-9H2,1-2H3,(H,25,26). The molecule has 0 bridgehead atoms. The maximum absolute atomic E-state index is 13.8. The number of anilines is 1. The molecule has 1 aromatic carbocycles. The van der Waals surface area contributed by atoms with E-state index in [1.165, 1.54) is 12.6 Å². The monoisotopic (exact) mass is 358 g/mol. The van der Waals surface area contributed by atoms with Crippen molar-refractivity contribution in [3.8, 4) is 0 Å². The van der Waals surface area contributed by atoms with Gasteiger partial charge in [-0.2, -0.15) is 0 Å². The summed E-state index contributed by atoms with van der Waals surface area (Å²) in [5.41, 5.74) is 1.85. The van der Waals surface area contributed by atoms with Crippen molar-refractivity contribution in [1.82, 2.24) is 4.57 Å². The van der Waals surface area contributed by atoms with E-state index in [9.17, 15) is 19.1 Å². The maximum atomic E-state index is 13.8. The first-order chi connectivity index (χ1) is 12.4. The molecule has 26 heavy (non-hydrogen) atoms. The van der Waals surface area contributed by atoms with Crippen molar-refractivity contribution in [2.75, 3.05) is 18.0 Å². The van der Waals surface area contributed by atoms with Gasteiger partial charge in [0.15, 0.2) is 0 Å². The highest BCUT2D eigenvalue weighted by Crippen LogP contribution is 2.42. The lowest BCUT2D eigenvalue weighted by atomic mass is 9.98. The average Bonchev–Trinajstić information content (AvgIpc) is 3.32. The van der Waals surface area contributed by atoms with Gasteiger partial charge in [0.2, 0.25) is 5.43 Å². The zero-order valence-corrected chi connectivity index (χ0v) is 15.0. The molecule has 0 radical (unpaired) electrons. The Morgan fingerprint density at radius 1 is 1.35 bits per heavy atom. The number of fused-ring (bicyclic) bond motifs is 1. The van der Waals surface area contributed by atoms with Gasteiger partial charge in [-0.25, -0.2) is 9.18 Å². The van der Waals surface area contributed by atoms with Crippen molar-refractivity contribution in [2.45, 2.75) is 45.3 Å². The first-order valence-electron chi connectivity index (χ1n) is 9.19. The molecule has 1 saturated carbocycles. The van der Waals surface area contributed by atoms with Crippen LogP contribution in [0.15, 0.2) is 23.1 Å². The Morgan fingerprint density at radius 2 is 2.08 bits per heavy atom. The van der Waals surface area contributed by atoms with Crippen molar-refractivity contribution >= 4 is 22.6 Å². The van der Waals surface area contributed by atoms with Crippen molar-refractivity contribution in [2.24, 2.45) is 5.92 Å². The van der Waals surface area contributed by atoms with Crippen LogP contribution in [0.4, 0.5) is 10.1 Å². The normalized spacial score (nSPS) is 25.5. The number of halogens is 1. The van der Waals surface area contributed by atoms with Crippen LogP contribution in [0.1, 0.15) is 48.1 Å². The fourth-order valence-corrected chi connectivity index (χ4v) is 4.22. The molecule has 4 rings (SSSR count). The van der Waals surface area contributed by atoms with Gasteiger partial charge in [-0.05, 0) is 43.4 Å². The molecule has 1 saturated heterocycles. The fourth-order valence-electron chi connectivity index (χ4n) is 4.22. The Labute approximate surface area is 151 Å². The molecule has 6 heteroatoms. The fraction of sp³-hybridized carbons (Fsp3) is 0.500. The van der Waals surface area contributed by atoms with Gasteiger partial charge in [0.25, 0.3) is 0 Å². The number of carboxylic acids is 1. The second-order valence-electron chi connectivity index (χ2n) is 7.70. The number of nitrogens with zero attached hydrogens (tertiary/aromatic N) is 2. The van der Waals surface area contributed by atoms with Gasteiger partial charge in [0.1, 0.15) is 11.7 Å². The van der Waals surface area contributed by atoms with Gasteiger partial charge in [-0.3, -0.25) is 4.79 Å². The lowest BCUT2D eigenvalue weighted by molar-refractivity contribution is 0.0694. The van der Waals surface area contributed by atoms with Crippen LogP contribution < -0.4 is 10.3 Å². The van der Waals surface area contributed by atoms with E-state index in [-0.39, 0.29) is 11.6 Å². The lowest BCUT2D eigenvalue weighted by Gasteiger charge is -2.34. The summed E-state index contributed by atoms with van der Waals surface area (Å²) < 4.78 is 15.5. The van der Waals surface area contributed by atoms with Crippen molar-refractivity contribution in [3.05, 3.63) is 39.7 Å². The molecule has 1 N–H and O–H groups in total. The molecule has 5 nitrogen and oxygen atoms in total. The number of benzene rings is 1. The maximum Gasteiger partial charge on any atom is 0.341 e. The van der Waals surface area contributed by atoms with E-state index in [0.29, 0.717) is 23.2 Å². The molecule has 0 spiro atoms. The van der Waals surface area contributed by atoms with Gasteiger partial charge < -0.3 is 14.6 Å². The van der Waals surface area contributed by atoms with Crippen molar-refractivity contribution in [3.63, 3.8) is 0 Å². The van der Waals surface area contributed by atoms with Crippen molar-refractivity contribution < 1.29 is 14.3 Å². The number of carbonyl (C=O) groups is 1. The number of aromatic nitrogens is 1. The highest BCUT2D eigenvalue weighted by Gasteiger charge is 2.40. The Kier molecular flexibility index (Phi) is 4.01. The van der Waals surface area contributed by atoms with Crippen LogP contribution in [0.5, 0.6) is 0 Å². The quantitative estimate of drug-likeness (QED) is 0.912. The molecular weight excluding hydrogens is 335 g/mol. The topological polar surface area (TPSA) is 62.5 Å². The molecule has 2 aromatic rings. The summed E-state index contributed by atoms with van der Waals surface area (Å²) in [6.07, 6.45) is 3.04. The number of hydrogen-bond acceptors (Lipinski definition) is 3. The van der Waals surface area contributed by atoms with E-state index >= 15 is 0 Å². The van der Waals surface area contributed by atoms with Crippen LogP contribution >= 0.6 is 0 Å². The zero-order valence-electron chi connectivity index (χ0n) is 15.0. The number of pyridine rings is 1. The summed E-state index contributed by atoms with van der Waals surface area (Å²) in [4.78, 5) is 26.4. The highest BCUT2D eigenvalue weighted by molar-refractivity contribution is 5.95. The van der Waals surface area contributed by atoms with Crippen LogP contribution in [0.25, 0.3) is 10.9 Å². The molecular formula is C20H23FN2O3. The predicted molar refractivity (Wildman–Crippen MR) is 99.1 cm³/mol. The third-order valence-corrected chi connectivity index (χ3v) is 5.68. The number of hydrogen-bond donors (Lipinski definition) is 1. The van der Waals surface area contributed by atoms with Gasteiger partial charge in [0.05, 0.1) is 11.6 Å². The van der Waals surface area contributed by atoms with Gasteiger partial charge in [-0.15, -0.1) is 0 Å². The van der Waals surface area contributed by atoms with Gasteiger partial charge >= 0.3 is 5.97 Å². The average molecular weight is 358 g/mol. The van der Waals surface area contributed by atoms with Gasteiger partial charge in [0, 0.05) is 36.8 Å². The summed E-state index contributed by atoms with van der Waals surface area (Å²) in [7, 11) is 0. The van der Waals surface area contributed by atoms with E-state index in [2.05, 4.69) is 11.8 Å². The van der Waals surface area contributed by atoms with Crippen molar-refractivity contribution in [1.29, 1.82) is 0 Å². The smallest absolute Gasteiger partial charge is 0.341 e. The predicted octanol–water partition coefficient (Wildman–Crippen LogP) is 3.53. The van der Waals surface area contributed by atoms with Crippen LogP contribution in [0, 0.1) is 12.8 Å². The number of piperidine rings is 1. The summed E-state index contributed by atoms with van der Waals surface area (Å²) in [5.74, 6) is -0.664. The molecule has 2 fully saturated rings. The van der Waals surface area contributed by atoms with E-state index in [0.717, 1.165) is 30.8 Å². The summed E-state index contributed by atoms with van der Waals surface area (Å²) >= 11 is 0. The Bertz CT molecular complexity index is 952. The van der Waals surface area contributed by atoms with E-state index < -0.39 is 17.6 Å². The number of aryl methyl sites for hydroxylation is 1. The Balaban J connectivity index is 1.94. The molecule has 1 aliphatic carbocycles. The number of alkyl halides is 1. The summed E-state index contributed by atoms with van der Waals surface area (Å²) in [6.45, 7) is 6.10. The minimum absolute atomic E-state index is 0.296. The number of aromatic carboxylic acids is 1. The second kappa shape index (κ2) is 6.11. The van der Waals surface area contributed by atoms with Crippen LogP contribution in [-0.4, -0.2) is 34.9 Å². The molecule has 2 aliphatic rings. The SMILES string of the molecule is Cc1c(N2CCCC(C)C2)ccc2c(=O)c(C(=O)O)cn(C3CC3F)c12. The molecule has 2 heterocycles. The van der Waals surface area contributed by atoms with Gasteiger partial charge in [-0.1, -0.05) is 6.92 Å². The van der Waals surface area contributed by atoms with Crippen LogP contribution in [0.3, 0.4) is 0 Å². The first kappa shape index (κ1) is 17.1. The highest BCUT2D eigenvalue weighted by atomic mass is 19.1. The van der Waals surface area contributed by atoms with E-state index in [4.69, 9.17) is 0 Å². The molecule has 0 amide bonds. The Hall–Kier alpha value is -2.37. The zero-order chi connectivity index (χ0) is 18.6. The minimum atomic E-state index is -1.27. The van der Waals surface area contributed by atoms with E-state index in [1.807, 2.05) is 13.0 Å². The Morgan fingerprint density at radius 3 is 2.69 bits per heavy atom. The largest absolute Gasteiger partial charge is 0.477 e. The lowest BCUT2D eigenvalue weighted by Crippen LogP contribution is -2.34. The summed E-state index contributed by atoms with van der Waals surface area (Å²) in [5, 5.41) is 9.72. The molecule has 1 aromatic heterocycles. The number of carboxylic acid groups (broad SMARTS) is 1. The third-order valence-electron chi connectivity index (χ3n) is 5.68. The van der Waals surface area contributed by atoms with Crippen LogP contribution in [0.2, 0.25) is 0 Å².